The summed E-state index contributed by atoms with van der Waals surface area (Å²) in [6.07, 6.45) is 0.278. The van der Waals surface area contributed by atoms with Crippen molar-refractivity contribution in [2.24, 2.45) is 0 Å². The molecule has 2 atom stereocenters. The van der Waals surface area contributed by atoms with Crippen molar-refractivity contribution < 1.29 is 9.47 Å². The molecule has 1 aromatic carbocycles. The van der Waals surface area contributed by atoms with Crippen molar-refractivity contribution in [2.75, 3.05) is 13.2 Å². The molecule has 2 unspecified atom stereocenters. The standard InChI is InChI=1S/C13H14O2/c1-11(14-9-13-10-15-13)7-8-12-5-3-2-4-6-12/h2-6,11,13H,9-10H2,1H3. The lowest BCUT2D eigenvalue weighted by molar-refractivity contribution is 0.0887. The lowest BCUT2D eigenvalue weighted by Gasteiger charge is -2.03. The first-order chi connectivity index (χ1) is 7.34. The summed E-state index contributed by atoms with van der Waals surface area (Å²) in [7, 11) is 0. The van der Waals surface area contributed by atoms with Gasteiger partial charge in [-0.1, -0.05) is 30.0 Å². The van der Waals surface area contributed by atoms with E-state index in [1.54, 1.807) is 0 Å². The highest BCUT2D eigenvalue weighted by atomic mass is 16.6. The van der Waals surface area contributed by atoms with Gasteiger partial charge in [-0.25, -0.2) is 0 Å². The Morgan fingerprint density at radius 3 is 2.87 bits per heavy atom. The molecule has 2 heteroatoms. The predicted molar refractivity (Wildman–Crippen MR) is 58.5 cm³/mol. The summed E-state index contributed by atoms with van der Waals surface area (Å²) in [6.45, 7) is 3.45. The van der Waals surface area contributed by atoms with E-state index in [2.05, 4.69) is 11.8 Å². The number of hydrogen-bond acceptors (Lipinski definition) is 2. The Kier molecular flexibility index (Phi) is 3.39. The smallest absolute Gasteiger partial charge is 0.115 e. The monoisotopic (exact) mass is 202 g/mol. The van der Waals surface area contributed by atoms with E-state index in [1.165, 1.54) is 0 Å². The van der Waals surface area contributed by atoms with Gasteiger partial charge in [0.2, 0.25) is 0 Å². The molecule has 0 aliphatic carbocycles. The Morgan fingerprint density at radius 1 is 1.47 bits per heavy atom. The Morgan fingerprint density at radius 2 is 2.20 bits per heavy atom. The molecule has 1 aliphatic heterocycles. The second-order valence-electron chi connectivity index (χ2n) is 3.57. The van der Waals surface area contributed by atoms with Crippen LogP contribution in [0.1, 0.15) is 12.5 Å². The normalized spacial score (nSPS) is 20.2. The Balaban J connectivity index is 1.81. The molecule has 0 radical (unpaired) electrons. The largest absolute Gasteiger partial charge is 0.371 e. The molecule has 2 rings (SSSR count). The van der Waals surface area contributed by atoms with Crippen LogP contribution < -0.4 is 0 Å². The van der Waals surface area contributed by atoms with Gasteiger partial charge in [0.05, 0.1) is 13.2 Å². The van der Waals surface area contributed by atoms with E-state index in [0.29, 0.717) is 12.7 Å². The van der Waals surface area contributed by atoms with Crippen LogP contribution in [0.3, 0.4) is 0 Å². The number of hydrogen-bond donors (Lipinski definition) is 0. The van der Waals surface area contributed by atoms with E-state index in [1.807, 2.05) is 37.3 Å². The molecular formula is C13H14O2. The van der Waals surface area contributed by atoms with Gasteiger partial charge in [-0.05, 0) is 19.1 Å². The first kappa shape index (κ1) is 10.2. The van der Waals surface area contributed by atoms with E-state index in [4.69, 9.17) is 9.47 Å². The van der Waals surface area contributed by atoms with Crippen molar-refractivity contribution in [1.82, 2.24) is 0 Å². The fraction of sp³-hybridized carbons (Fsp3) is 0.385. The van der Waals surface area contributed by atoms with Gasteiger partial charge in [0.15, 0.2) is 0 Å². The molecule has 0 amide bonds. The van der Waals surface area contributed by atoms with Crippen LogP contribution in [0.2, 0.25) is 0 Å². The van der Waals surface area contributed by atoms with Crippen LogP contribution in [0, 0.1) is 11.8 Å². The third-order valence-electron chi connectivity index (χ3n) is 2.13. The summed E-state index contributed by atoms with van der Waals surface area (Å²) in [5.41, 5.74) is 1.02. The first-order valence-corrected chi connectivity index (χ1v) is 5.14. The summed E-state index contributed by atoms with van der Waals surface area (Å²) < 4.78 is 10.5. The zero-order valence-electron chi connectivity index (χ0n) is 8.77. The molecule has 0 aromatic heterocycles. The molecule has 1 aromatic rings. The highest BCUT2D eigenvalue weighted by Gasteiger charge is 2.22. The summed E-state index contributed by atoms with van der Waals surface area (Å²) in [6, 6.07) is 9.92. The fourth-order valence-corrected chi connectivity index (χ4v) is 1.16. The van der Waals surface area contributed by atoms with E-state index < -0.39 is 0 Å². The van der Waals surface area contributed by atoms with Crippen LogP contribution in [-0.4, -0.2) is 25.4 Å². The Labute approximate surface area is 90.2 Å². The van der Waals surface area contributed by atoms with Crippen LogP contribution in [0.25, 0.3) is 0 Å². The van der Waals surface area contributed by atoms with Crippen LogP contribution in [-0.2, 0) is 9.47 Å². The van der Waals surface area contributed by atoms with Gasteiger partial charge in [-0.2, -0.15) is 0 Å². The van der Waals surface area contributed by atoms with Crippen LogP contribution in [0.5, 0.6) is 0 Å². The molecular weight excluding hydrogens is 188 g/mol. The highest BCUT2D eigenvalue weighted by Crippen LogP contribution is 2.09. The lowest BCUT2D eigenvalue weighted by atomic mass is 10.2. The van der Waals surface area contributed by atoms with Gasteiger partial charge < -0.3 is 9.47 Å². The average Bonchev–Trinajstić information content (AvgIpc) is 3.09. The molecule has 2 nitrogen and oxygen atoms in total. The van der Waals surface area contributed by atoms with Crippen LogP contribution in [0.4, 0.5) is 0 Å². The summed E-state index contributed by atoms with van der Waals surface area (Å²) >= 11 is 0. The summed E-state index contributed by atoms with van der Waals surface area (Å²) in [5, 5.41) is 0. The van der Waals surface area contributed by atoms with Crippen LogP contribution >= 0.6 is 0 Å². The zero-order chi connectivity index (χ0) is 10.5. The van der Waals surface area contributed by atoms with E-state index in [-0.39, 0.29) is 6.10 Å². The minimum atomic E-state index is -0.0330. The molecule has 78 valence electrons. The minimum absolute atomic E-state index is 0.0330. The highest BCUT2D eigenvalue weighted by molar-refractivity contribution is 5.34. The zero-order valence-corrected chi connectivity index (χ0v) is 8.77. The second kappa shape index (κ2) is 4.97. The molecule has 0 N–H and O–H groups in total. The molecule has 1 heterocycles. The van der Waals surface area contributed by atoms with Crippen molar-refractivity contribution in [2.45, 2.75) is 19.1 Å². The molecule has 0 spiro atoms. The van der Waals surface area contributed by atoms with Crippen molar-refractivity contribution in [3.8, 4) is 11.8 Å². The predicted octanol–water partition coefficient (Wildman–Crippen LogP) is 1.84. The number of rotatable bonds is 3. The molecule has 1 saturated heterocycles. The quantitative estimate of drug-likeness (QED) is 0.551. The summed E-state index contributed by atoms with van der Waals surface area (Å²) in [5.74, 6) is 6.13. The summed E-state index contributed by atoms with van der Waals surface area (Å²) in [4.78, 5) is 0. The number of epoxide rings is 1. The van der Waals surface area contributed by atoms with Gasteiger partial charge >= 0.3 is 0 Å². The minimum Gasteiger partial charge on any atom is -0.371 e. The maximum atomic E-state index is 5.49. The fourth-order valence-electron chi connectivity index (χ4n) is 1.16. The van der Waals surface area contributed by atoms with E-state index >= 15 is 0 Å². The topological polar surface area (TPSA) is 21.8 Å². The maximum absolute atomic E-state index is 5.49. The van der Waals surface area contributed by atoms with E-state index in [9.17, 15) is 0 Å². The van der Waals surface area contributed by atoms with Gasteiger partial charge in [-0.3, -0.25) is 0 Å². The number of benzene rings is 1. The van der Waals surface area contributed by atoms with Crippen LogP contribution in [0.15, 0.2) is 30.3 Å². The first-order valence-electron chi connectivity index (χ1n) is 5.14. The van der Waals surface area contributed by atoms with Gasteiger partial charge in [-0.15, -0.1) is 0 Å². The SMILES string of the molecule is CC(C#Cc1ccccc1)OCC1CO1. The Hall–Kier alpha value is -1.30. The van der Waals surface area contributed by atoms with Crippen molar-refractivity contribution >= 4 is 0 Å². The second-order valence-corrected chi connectivity index (χ2v) is 3.57. The molecule has 15 heavy (non-hydrogen) atoms. The molecule has 0 bridgehead atoms. The molecule has 1 fully saturated rings. The van der Waals surface area contributed by atoms with Gasteiger partial charge in [0.1, 0.15) is 12.2 Å². The maximum Gasteiger partial charge on any atom is 0.115 e. The van der Waals surface area contributed by atoms with Gasteiger partial charge in [0.25, 0.3) is 0 Å². The van der Waals surface area contributed by atoms with Gasteiger partial charge in [0, 0.05) is 5.56 Å². The van der Waals surface area contributed by atoms with Crippen molar-refractivity contribution in [1.29, 1.82) is 0 Å². The van der Waals surface area contributed by atoms with Crippen molar-refractivity contribution in [3.05, 3.63) is 35.9 Å². The molecule has 0 saturated carbocycles. The average molecular weight is 202 g/mol. The third-order valence-corrected chi connectivity index (χ3v) is 2.13. The Bertz CT molecular complexity index is 357. The van der Waals surface area contributed by atoms with E-state index in [0.717, 1.165) is 12.2 Å². The number of ether oxygens (including phenoxy) is 2. The van der Waals surface area contributed by atoms with Crippen molar-refractivity contribution in [3.63, 3.8) is 0 Å². The molecule has 1 aliphatic rings. The third kappa shape index (κ3) is 3.75. The lowest BCUT2D eigenvalue weighted by Crippen LogP contribution is -2.10.